The van der Waals surface area contributed by atoms with E-state index in [1.807, 2.05) is 6.07 Å². The average molecular weight is 235 g/mol. The number of hydrazine groups is 1. The van der Waals surface area contributed by atoms with Crippen molar-refractivity contribution in [3.63, 3.8) is 0 Å². The van der Waals surface area contributed by atoms with Crippen LogP contribution in [-0.4, -0.2) is 22.6 Å². The molecule has 1 aromatic rings. The van der Waals surface area contributed by atoms with Gasteiger partial charge in [0.25, 0.3) is 0 Å². The Balaban J connectivity index is 2.08. The number of anilines is 2. The highest BCUT2D eigenvalue weighted by Crippen LogP contribution is 2.31. The van der Waals surface area contributed by atoms with Gasteiger partial charge in [-0.1, -0.05) is 13.8 Å². The van der Waals surface area contributed by atoms with Gasteiger partial charge in [-0.15, -0.1) is 0 Å². The van der Waals surface area contributed by atoms with E-state index >= 15 is 0 Å². The summed E-state index contributed by atoms with van der Waals surface area (Å²) in [5, 5.41) is 0. The summed E-state index contributed by atoms with van der Waals surface area (Å²) in [4.78, 5) is 10.8. The molecule has 0 unspecified atom stereocenters. The van der Waals surface area contributed by atoms with Crippen LogP contribution >= 0.6 is 0 Å². The van der Waals surface area contributed by atoms with E-state index in [0.29, 0.717) is 17.9 Å². The van der Waals surface area contributed by atoms with Crippen LogP contribution in [0.5, 0.6) is 0 Å². The molecule has 1 aliphatic rings. The lowest BCUT2D eigenvalue weighted by atomic mass is 10.1. The molecule has 0 radical (unpaired) electrons. The van der Waals surface area contributed by atoms with E-state index in [1.54, 1.807) is 6.20 Å². The van der Waals surface area contributed by atoms with Crippen molar-refractivity contribution in [2.45, 2.75) is 39.2 Å². The first-order valence-electron chi connectivity index (χ1n) is 6.27. The van der Waals surface area contributed by atoms with E-state index < -0.39 is 0 Å². The summed E-state index contributed by atoms with van der Waals surface area (Å²) in [7, 11) is 0. The van der Waals surface area contributed by atoms with Gasteiger partial charge < -0.3 is 4.90 Å². The van der Waals surface area contributed by atoms with Gasteiger partial charge in [0, 0.05) is 18.8 Å². The third-order valence-corrected chi connectivity index (χ3v) is 3.00. The maximum atomic E-state index is 5.34. The van der Waals surface area contributed by atoms with Crippen molar-refractivity contribution in [3.8, 4) is 0 Å². The second-order valence-electron chi connectivity index (χ2n) is 4.99. The van der Waals surface area contributed by atoms with Crippen LogP contribution in [0.1, 0.15) is 33.1 Å². The van der Waals surface area contributed by atoms with E-state index in [9.17, 15) is 0 Å². The maximum Gasteiger partial charge on any atom is 0.239 e. The van der Waals surface area contributed by atoms with Crippen LogP contribution < -0.4 is 16.2 Å². The van der Waals surface area contributed by atoms with Gasteiger partial charge >= 0.3 is 0 Å². The van der Waals surface area contributed by atoms with Crippen LogP contribution in [0.3, 0.4) is 0 Å². The minimum absolute atomic E-state index is 0.484. The Morgan fingerprint density at radius 2 is 2.29 bits per heavy atom. The van der Waals surface area contributed by atoms with Crippen LogP contribution in [0, 0.1) is 5.92 Å². The van der Waals surface area contributed by atoms with Crippen molar-refractivity contribution in [1.29, 1.82) is 0 Å². The van der Waals surface area contributed by atoms with Gasteiger partial charge in [-0.05, 0) is 31.2 Å². The van der Waals surface area contributed by atoms with Crippen LogP contribution in [0.15, 0.2) is 12.3 Å². The summed E-state index contributed by atoms with van der Waals surface area (Å²) in [5.74, 6) is 7.52. The summed E-state index contributed by atoms with van der Waals surface area (Å²) >= 11 is 0. The molecular weight excluding hydrogens is 214 g/mol. The predicted octanol–water partition coefficient (Wildman–Crippen LogP) is 1.78. The number of nitrogens with one attached hydrogen (secondary N) is 1. The van der Waals surface area contributed by atoms with E-state index in [-0.39, 0.29) is 0 Å². The lowest BCUT2D eigenvalue weighted by molar-refractivity contribution is 0.568. The highest BCUT2D eigenvalue weighted by atomic mass is 15.3. The third kappa shape index (κ3) is 3.30. The van der Waals surface area contributed by atoms with Gasteiger partial charge in [0.1, 0.15) is 5.82 Å². The highest BCUT2D eigenvalue weighted by Gasteiger charge is 2.29. The smallest absolute Gasteiger partial charge is 0.239 e. The molecule has 5 heteroatoms. The Bertz CT molecular complexity index is 362. The van der Waals surface area contributed by atoms with Gasteiger partial charge in [-0.2, -0.15) is 4.98 Å². The number of nitrogens with zero attached hydrogens (tertiary/aromatic N) is 3. The molecule has 17 heavy (non-hydrogen) atoms. The zero-order valence-electron chi connectivity index (χ0n) is 10.6. The molecule has 3 N–H and O–H groups in total. The standard InChI is InChI=1S/C12H21N5/c1-9(2)6-8-17(10-3-4-10)11-5-7-14-12(15-11)16-13/h5,7,9-10H,3-4,6,8,13H2,1-2H3,(H,14,15,16). The van der Waals surface area contributed by atoms with Crippen molar-refractivity contribution in [3.05, 3.63) is 12.3 Å². The summed E-state index contributed by atoms with van der Waals surface area (Å²) in [6.07, 6.45) is 5.48. The number of nitrogen functional groups attached to an aromatic ring is 1. The Kier molecular flexibility index (Phi) is 3.78. The Labute approximate surface area is 102 Å². The quantitative estimate of drug-likeness (QED) is 0.581. The first-order chi connectivity index (χ1) is 8.20. The lowest BCUT2D eigenvalue weighted by Crippen LogP contribution is -2.29. The van der Waals surface area contributed by atoms with Crippen LogP contribution in [-0.2, 0) is 0 Å². The van der Waals surface area contributed by atoms with Crippen molar-refractivity contribution in [2.75, 3.05) is 16.9 Å². The largest absolute Gasteiger partial charge is 0.353 e. The van der Waals surface area contributed by atoms with Crippen LogP contribution in [0.2, 0.25) is 0 Å². The van der Waals surface area contributed by atoms with E-state index in [0.717, 1.165) is 12.4 Å². The summed E-state index contributed by atoms with van der Waals surface area (Å²) in [6, 6.07) is 2.62. The van der Waals surface area contributed by atoms with E-state index in [2.05, 4.69) is 34.1 Å². The number of hydrogen-bond acceptors (Lipinski definition) is 5. The molecule has 1 aromatic heterocycles. The van der Waals surface area contributed by atoms with Gasteiger partial charge in [0.2, 0.25) is 5.95 Å². The van der Waals surface area contributed by atoms with E-state index in [1.165, 1.54) is 19.3 Å². The molecule has 1 aliphatic carbocycles. The summed E-state index contributed by atoms with van der Waals surface area (Å²) in [6.45, 7) is 5.55. The molecule has 0 amide bonds. The van der Waals surface area contributed by atoms with Crippen LogP contribution in [0.4, 0.5) is 11.8 Å². The fourth-order valence-corrected chi connectivity index (χ4v) is 1.85. The van der Waals surface area contributed by atoms with Gasteiger partial charge in [-0.25, -0.2) is 10.8 Å². The Hall–Kier alpha value is -1.36. The fraction of sp³-hybridized carbons (Fsp3) is 0.667. The molecule has 5 nitrogen and oxygen atoms in total. The monoisotopic (exact) mass is 235 g/mol. The number of aromatic nitrogens is 2. The molecule has 1 fully saturated rings. The van der Waals surface area contributed by atoms with Crippen molar-refractivity contribution in [2.24, 2.45) is 11.8 Å². The van der Waals surface area contributed by atoms with Crippen molar-refractivity contribution in [1.82, 2.24) is 9.97 Å². The molecule has 94 valence electrons. The van der Waals surface area contributed by atoms with E-state index in [4.69, 9.17) is 5.84 Å². The zero-order valence-corrected chi connectivity index (χ0v) is 10.6. The highest BCUT2D eigenvalue weighted by molar-refractivity contribution is 5.44. The molecule has 0 saturated heterocycles. The first-order valence-corrected chi connectivity index (χ1v) is 6.27. The second kappa shape index (κ2) is 5.31. The molecule has 0 aromatic carbocycles. The molecule has 1 saturated carbocycles. The molecule has 2 rings (SSSR count). The predicted molar refractivity (Wildman–Crippen MR) is 69.7 cm³/mol. The Morgan fingerprint density at radius 3 is 2.88 bits per heavy atom. The maximum absolute atomic E-state index is 5.34. The summed E-state index contributed by atoms with van der Waals surface area (Å²) < 4.78 is 0. The van der Waals surface area contributed by atoms with Gasteiger partial charge in [0.15, 0.2) is 0 Å². The zero-order chi connectivity index (χ0) is 12.3. The molecule has 0 aliphatic heterocycles. The Morgan fingerprint density at radius 1 is 1.53 bits per heavy atom. The molecular formula is C12H21N5. The SMILES string of the molecule is CC(C)CCN(c1ccnc(NN)n1)C1CC1. The third-order valence-electron chi connectivity index (χ3n) is 3.00. The number of hydrogen-bond donors (Lipinski definition) is 2. The lowest BCUT2D eigenvalue weighted by Gasteiger charge is -2.24. The molecule has 0 atom stereocenters. The normalized spacial score (nSPS) is 15.1. The molecule has 0 spiro atoms. The van der Waals surface area contributed by atoms with Crippen molar-refractivity contribution < 1.29 is 0 Å². The topological polar surface area (TPSA) is 67.1 Å². The second-order valence-corrected chi connectivity index (χ2v) is 4.99. The van der Waals surface area contributed by atoms with Gasteiger partial charge in [0.05, 0.1) is 0 Å². The average Bonchev–Trinajstić information content (AvgIpc) is 3.14. The summed E-state index contributed by atoms with van der Waals surface area (Å²) in [5.41, 5.74) is 2.50. The first kappa shape index (κ1) is 12.1. The van der Waals surface area contributed by atoms with Gasteiger partial charge in [-0.3, -0.25) is 5.43 Å². The number of rotatable bonds is 6. The number of nitrogens with two attached hydrogens (primary N) is 1. The molecule has 0 bridgehead atoms. The molecule has 1 heterocycles. The fourth-order valence-electron chi connectivity index (χ4n) is 1.85. The van der Waals surface area contributed by atoms with Crippen LogP contribution in [0.25, 0.3) is 0 Å². The van der Waals surface area contributed by atoms with Crippen molar-refractivity contribution >= 4 is 11.8 Å². The minimum Gasteiger partial charge on any atom is -0.353 e. The minimum atomic E-state index is 0.484.